The molecule has 0 aromatic heterocycles. The van der Waals surface area contributed by atoms with E-state index in [9.17, 15) is 9.59 Å². The third-order valence-electron chi connectivity index (χ3n) is 2.81. The van der Waals surface area contributed by atoms with Crippen molar-refractivity contribution in [3.63, 3.8) is 0 Å². The van der Waals surface area contributed by atoms with Crippen molar-refractivity contribution in [2.45, 2.75) is 45.6 Å². The summed E-state index contributed by atoms with van der Waals surface area (Å²) in [6.45, 7) is 7.38. The smallest absolute Gasteiger partial charge is 0.162 e. The van der Waals surface area contributed by atoms with E-state index in [-0.39, 0.29) is 5.92 Å². The van der Waals surface area contributed by atoms with E-state index in [4.69, 9.17) is 4.74 Å². The number of aryl methyl sites for hydroxylation is 1. The zero-order valence-electron chi connectivity index (χ0n) is 11.4. The van der Waals surface area contributed by atoms with Crippen LogP contribution in [-0.2, 0) is 9.59 Å². The lowest BCUT2D eigenvalue weighted by molar-refractivity contribution is -0.119. The Kier molecular flexibility index (Phi) is 4.65. The molecule has 1 atom stereocenters. The van der Waals surface area contributed by atoms with Gasteiger partial charge in [-0.25, -0.2) is 0 Å². The molecule has 0 aliphatic carbocycles. The van der Waals surface area contributed by atoms with E-state index in [1.807, 2.05) is 32.0 Å². The van der Waals surface area contributed by atoms with E-state index in [1.54, 1.807) is 13.8 Å². The van der Waals surface area contributed by atoms with E-state index in [1.165, 1.54) is 0 Å². The molecule has 0 radical (unpaired) electrons. The third kappa shape index (κ3) is 3.69. The van der Waals surface area contributed by atoms with Crippen molar-refractivity contribution in [3.05, 3.63) is 29.3 Å². The second-order valence-corrected chi connectivity index (χ2v) is 5.17. The molecular formula is C15H20O3. The first-order valence-electron chi connectivity index (χ1n) is 6.09. The second-order valence-electron chi connectivity index (χ2n) is 5.17. The Hall–Kier alpha value is -1.64. The number of aldehydes is 2. The number of hydrogen-bond donors (Lipinski definition) is 0. The summed E-state index contributed by atoms with van der Waals surface area (Å²) in [6.07, 6.45) is 2.13. The van der Waals surface area contributed by atoms with Gasteiger partial charge in [0.05, 0.1) is 0 Å². The lowest BCUT2D eigenvalue weighted by Crippen LogP contribution is -2.30. The largest absolute Gasteiger partial charge is 0.480 e. The molecule has 0 aliphatic heterocycles. The minimum atomic E-state index is -0.858. The first-order valence-corrected chi connectivity index (χ1v) is 6.09. The van der Waals surface area contributed by atoms with Crippen LogP contribution in [0.15, 0.2) is 18.2 Å². The predicted octanol–water partition coefficient (Wildman–Crippen LogP) is 3.04. The molecule has 1 aromatic rings. The topological polar surface area (TPSA) is 43.4 Å². The number of carbonyl (C=O) groups is 2. The SMILES string of the molecule is Cc1ccc([C@@H](C)CC=O)c(OC(C)(C)C=O)c1. The monoisotopic (exact) mass is 248 g/mol. The zero-order valence-corrected chi connectivity index (χ0v) is 11.4. The summed E-state index contributed by atoms with van der Waals surface area (Å²) in [6, 6.07) is 5.85. The van der Waals surface area contributed by atoms with Crippen LogP contribution in [0.2, 0.25) is 0 Å². The van der Waals surface area contributed by atoms with Crippen molar-refractivity contribution in [3.8, 4) is 5.75 Å². The van der Waals surface area contributed by atoms with Gasteiger partial charge in [0.2, 0.25) is 0 Å². The Balaban J connectivity index is 3.11. The molecule has 0 spiro atoms. The number of rotatable bonds is 6. The van der Waals surface area contributed by atoms with Gasteiger partial charge < -0.3 is 9.53 Å². The Morgan fingerprint density at radius 1 is 1.33 bits per heavy atom. The minimum absolute atomic E-state index is 0.0838. The van der Waals surface area contributed by atoms with Gasteiger partial charge in [-0.15, -0.1) is 0 Å². The molecule has 1 rings (SSSR count). The van der Waals surface area contributed by atoms with Crippen molar-refractivity contribution in [1.82, 2.24) is 0 Å². The Morgan fingerprint density at radius 2 is 2.00 bits per heavy atom. The number of carbonyl (C=O) groups excluding carboxylic acids is 2. The summed E-state index contributed by atoms with van der Waals surface area (Å²) >= 11 is 0. The number of benzene rings is 1. The van der Waals surface area contributed by atoms with Crippen LogP contribution in [0.3, 0.4) is 0 Å². The molecule has 0 heterocycles. The first-order chi connectivity index (χ1) is 8.39. The molecule has 0 bridgehead atoms. The fraction of sp³-hybridized carbons (Fsp3) is 0.467. The summed E-state index contributed by atoms with van der Waals surface area (Å²) in [5.41, 5.74) is 1.17. The van der Waals surface area contributed by atoms with E-state index < -0.39 is 5.60 Å². The lowest BCUT2D eigenvalue weighted by atomic mass is 9.96. The Labute approximate surface area is 108 Å². The predicted molar refractivity (Wildman–Crippen MR) is 71.0 cm³/mol. The third-order valence-corrected chi connectivity index (χ3v) is 2.81. The molecule has 3 heteroatoms. The highest BCUT2D eigenvalue weighted by Gasteiger charge is 2.21. The van der Waals surface area contributed by atoms with Gasteiger partial charge in [-0.3, -0.25) is 4.79 Å². The minimum Gasteiger partial charge on any atom is -0.480 e. The molecule has 0 saturated heterocycles. The van der Waals surface area contributed by atoms with Crippen LogP contribution in [0.1, 0.15) is 44.2 Å². The average Bonchev–Trinajstić information content (AvgIpc) is 2.29. The van der Waals surface area contributed by atoms with E-state index in [0.717, 1.165) is 23.7 Å². The van der Waals surface area contributed by atoms with Gasteiger partial charge in [0.15, 0.2) is 11.9 Å². The highest BCUT2D eigenvalue weighted by Crippen LogP contribution is 2.31. The van der Waals surface area contributed by atoms with E-state index >= 15 is 0 Å². The van der Waals surface area contributed by atoms with Gasteiger partial charge in [-0.1, -0.05) is 19.1 Å². The molecule has 3 nitrogen and oxygen atoms in total. The van der Waals surface area contributed by atoms with Crippen LogP contribution in [0.25, 0.3) is 0 Å². The lowest BCUT2D eigenvalue weighted by Gasteiger charge is -2.24. The molecule has 98 valence electrons. The molecule has 0 N–H and O–H groups in total. The van der Waals surface area contributed by atoms with Crippen molar-refractivity contribution in [2.24, 2.45) is 0 Å². The van der Waals surface area contributed by atoms with E-state index in [0.29, 0.717) is 12.2 Å². The summed E-state index contributed by atoms with van der Waals surface area (Å²) < 4.78 is 5.75. The fourth-order valence-electron chi connectivity index (χ4n) is 1.72. The van der Waals surface area contributed by atoms with Crippen LogP contribution in [-0.4, -0.2) is 18.2 Å². The maximum Gasteiger partial charge on any atom is 0.162 e. The van der Waals surface area contributed by atoms with Crippen molar-refractivity contribution in [2.75, 3.05) is 0 Å². The second kappa shape index (κ2) is 5.80. The quantitative estimate of drug-likeness (QED) is 0.727. The van der Waals surface area contributed by atoms with Gasteiger partial charge in [-0.2, -0.15) is 0 Å². The number of hydrogen-bond acceptors (Lipinski definition) is 3. The molecule has 18 heavy (non-hydrogen) atoms. The fourth-order valence-corrected chi connectivity index (χ4v) is 1.72. The van der Waals surface area contributed by atoms with Crippen LogP contribution >= 0.6 is 0 Å². The van der Waals surface area contributed by atoms with Gasteiger partial charge in [0, 0.05) is 6.42 Å². The summed E-state index contributed by atoms with van der Waals surface area (Å²) in [7, 11) is 0. The molecule has 0 unspecified atom stereocenters. The molecular weight excluding hydrogens is 228 g/mol. The summed E-state index contributed by atoms with van der Waals surface area (Å²) in [5.74, 6) is 0.766. The van der Waals surface area contributed by atoms with Crippen LogP contribution in [0, 0.1) is 6.92 Å². The van der Waals surface area contributed by atoms with Gasteiger partial charge >= 0.3 is 0 Å². The van der Waals surface area contributed by atoms with Crippen LogP contribution < -0.4 is 4.74 Å². The van der Waals surface area contributed by atoms with Crippen LogP contribution in [0.5, 0.6) is 5.75 Å². The highest BCUT2D eigenvalue weighted by molar-refractivity contribution is 5.62. The molecule has 0 saturated carbocycles. The Morgan fingerprint density at radius 3 is 2.56 bits per heavy atom. The van der Waals surface area contributed by atoms with Crippen molar-refractivity contribution in [1.29, 1.82) is 0 Å². The van der Waals surface area contributed by atoms with Crippen molar-refractivity contribution < 1.29 is 14.3 Å². The maximum absolute atomic E-state index is 10.9. The molecule has 0 fully saturated rings. The van der Waals surface area contributed by atoms with E-state index in [2.05, 4.69) is 0 Å². The zero-order chi connectivity index (χ0) is 13.8. The van der Waals surface area contributed by atoms with Gasteiger partial charge in [-0.05, 0) is 43.9 Å². The summed E-state index contributed by atoms with van der Waals surface area (Å²) in [5, 5.41) is 0. The van der Waals surface area contributed by atoms with Crippen LogP contribution in [0.4, 0.5) is 0 Å². The van der Waals surface area contributed by atoms with Gasteiger partial charge in [0.25, 0.3) is 0 Å². The Bertz CT molecular complexity index is 435. The molecule has 0 amide bonds. The summed E-state index contributed by atoms with van der Waals surface area (Å²) in [4.78, 5) is 21.6. The van der Waals surface area contributed by atoms with Crippen molar-refractivity contribution >= 4 is 12.6 Å². The number of ether oxygens (including phenoxy) is 1. The standard InChI is InChI=1S/C15H20O3/c1-11-5-6-13(12(2)7-8-16)14(9-11)18-15(3,4)10-17/h5-6,8-10,12H,7H2,1-4H3/t12-/m0/s1. The maximum atomic E-state index is 10.9. The molecule has 0 aliphatic rings. The van der Waals surface area contributed by atoms with Gasteiger partial charge in [0.1, 0.15) is 12.0 Å². The normalized spacial score (nSPS) is 12.9. The average molecular weight is 248 g/mol. The highest BCUT2D eigenvalue weighted by atomic mass is 16.5. The first kappa shape index (κ1) is 14.4. The molecule has 1 aromatic carbocycles.